The van der Waals surface area contributed by atoms with Gasteiger partial charge < -0.3 is 5.32 Å². The lowest BCUT2D eigenvalue weighted by atomic mass is 10.2. The molecule has 0 radical (unpaired) electrons. The Bertz CT molecular complexity index is 1210. The van der Waals surface area contributed by atoms with E-state index in [9.17, 15) is 4.79 Å². The summed E-state index contributed by atoms with van der Waals surface area (Å²) in [7, 11) is 0. The summed E-state index contributed by atoms with van der Waals surface area (Å²) in [5.74, 6) is 0.624. The van der Waals surface area contributed by atoms with Crippen molar-refractivity contribution in [1.82, 2.24) is 19.6 Å². The van der Waals surface area contributed by atoms with E-state index in [4.69, 9.17) is 5.26 Å². The summed E-state index contributed by atoms with van der Waals surface area (Å²) in [5.41, 5.74) is 2.62. The zero-order valence-electron chi connectivity index (χ0n) is 14.4. The fraction of sp³-hybridized carbons (Fsp3) is 0.105. The highest BCUT2D eigenvalue weighted by atomic mass is 32.2. The lowest BCUT2D eigenvalue weighted by Crippen LogP contribution is -2.14. The van der Waals surface area contributed by atoms with Gasteiger partial charge in [0.05, 0.1) is 22.9 Å². The van der Waals surface area contributed by atoms with E-state index in [0.717, 1.165) is 16.6 Å². The van der Waals surface area contributed by atoms with E-state index in [1.54, 1.807) is 28.8 Å². The first-order chi connectivity index (χ1) is 13.1. The Kier molecular flexibility index (Phi) is 4.44. The van der Waals surface area contributed by atoms with Crippen molar-refractivity contribution in [3.8, 4) is 6.07 Å². The summed E-state index contributed by atoms with van der Waals surface area (Å²) < 4.78 is 1.67. The number of hydrogen-bond acceptors (Lipinski definition) is 6. The van der Waals surface area contributed by atoms with Crippen LogP contribution in [0.15, 0.2) is 53.7 Å². The third-order valence-electron chi connectivity index (χ3n) is 3.86. The highest BCUT2D eigenvalue weighted by molar-refractivity contribution is 7.99. The number of carbonyl (C=O) groups is 1. The van der Waals surface area contributed by atoms with Crippen LogP contribution in [0.5, 0.6) is 0 Å². The molecular weight excluding hydrogens is 360 g/mol. The fourth-order valence-electron chi connectivity index (χ4n) is 2.72. The number of carbonyl (C=O) groups excluding carboxylic acids is 1. The lowest BCUT2D eigenvalue weighted by molar-refractivity contribution is -0.113. The molecule has 1 N–H and O–H groups in total. The van der Waals surface area contributed by atoms with E-state index >= 15 is 0 Å². The third-order valence-corrected chi connectivity index (χ3v) is 4.79. The van der Waals surface area contributed by atoms with Gasteiger partial charge in [0, 0.05) is 11.1 Å². The molecule has 4 aromatic rings. The monoisotopic (exact) mass is 374 g/mol. The summed E-state index contributed by atoms with van der Waals surface area (Å²) in [6, 6.07) is 16.6. The van der Waals surface area contributed by atoms with Crippen LogP contribution in [0.4, 0.5) is 5.69 Å². The Balaban J connectivity index is 1.57. The number of benzene rings is 2. The van der Waals surface area contributed by atoms with Gasteiger partial charge in [-0.25, -0.2) is 9.97 Å². The molecule has 0 atom stereocenters. The number of nitriles is 1. The van der Waals surface area contributed by atoms with Crippen LogP contribution in [0.25, 0.3) is 16.6 Å². The highest BCUT2D eigenvalue weighted by Gasteiger charge is 2.14. The number of rotatable bonds is 4. The summed E-state index contributed by atoms with van der Waals surface area (Å²) in [6.45, 7) is 1.82. The molecule has 0 fully saturated rings. The van der Waals surface area contributed by atoms with Crippen LogP contribution >= 0.6 is 11.8 Å². The molecular formula is C19H14N6OS. The van der Waals surface area contributed by atoms with E-state index in [-0.39, 0.29) is 11.7 Å². The number of fused-ring (bicyclic) bond motifs is 3. The average molecular weight is 374 g/mol. The molecule has 0 aliphatic carbocycles. The van der Waals surface area contributed by atoms with Crippen LogP contribution in [0.2, 0.25) is 0 Å². The first-order valence-corrected chi connectivity index (χ1v) is 9.17. The molecule has 4 rings (SSSR count). The number of para-hydroxylation sites is 1. The van der Waals surface area contributed by atoms with Crippen LogP contribution in [0.1, 0.15) is 11.4 Å². The van der Waals surface area contributed by atoms with Gasteiger partial charge in [0.15, 0.2) is 10.8 Å². The molecule has 0 saturated carbocycles. The van der Waals surface area contributed by atoms with Gasteiger partial charge in [-0.15, -0.1) is 5.10 Å². The second kappa shape index (κ2) is 7.05. The van der Waals surface area contributed by atoms with Gasteiger partial charge in [0.25, 0.3) is 0 Å². The molecule has 27 heavy (non-hydrogen) atoms. The van der Waals surface area contributed by atoms with Crippen molar-refractivity contribution in [3.05, 3.63) is 59.9 Å². The maximum atomic E-state index is 12.3. The van der Waals surface area contributed by atoms with Crippen LogP contribution in [0, 0.1) is 18.3 Å². The van der Waals surface area contributed by atoms with Crippen molar-refractivity contribution in [2.24, 2.45) is 0 Å². The highest BCUT2D eigenvalue weighted by Crippen LogP contribution is 2.24. The zero-order valence-corrected chi connectivity index (χ0v) is 15.2. The van der Waals surface area contributed by atoms with Gasteiger partial charge in [0.2, 0.25) is 5.91 Å². The molecule has 0 saturated heterocycles. The second-order valence-corrected chi connectivity index (χ2v) is 6.78. The Labute approximate surface area is 159 Å². The first-order valence-electron chi connectivity index (χ1n) is 8.19. The molecule has 132 valence electrons. The van der Waals surface area contributed by atoms with E-state index < -0.39 is 0 Å². The Morgan fingerprint density at radius 2 is 2.07 bits per heavy atom. The SMILES string of the molecule is Cc1nc2c3ccccc3nc(SCC(=O)Nc3cccc(C#N)c3)n2n1. The minimum Gasteiger partial charge on any atom is -0.325 e. The minimum absolute atomic E-state index is 0.163. The largest absolute Gasteiger partial charge is 0.325 e. The van der Waals surface area contributed by atoms with E-state index in [2.05, 4.69) is 26.5 Å². The van der Waals surface area contributed by atoms with Gasteiger partial charge in [-0.1, -0.05) is 30.0 Å². The molecule has 2 heterocycles. The van der Waals surface area contributed by atoms with Crippen LogP contribution in [0.3, 0.4) is 0 Å². The molecule has 2 aromatic carbocycles. The smallest absolute Gasteiger partial charge is 0.234 e. The van der Waals surface area contributed by atoms with Crippen LogP contribution < -0.4 is 5.32 Å². The van der Waals surface area contributed by atoms with Gasteiger partial charge in [-0.3, -0.25) is 4.79 Å². The van der Waals surface area contributed by atoms with Gasteiger partial charge >= 0.3 is 0 Å². The summed E-state index contributed by atoms with van der Waals surface area (Å²) in [6.07, 6.45) is 0. The maximum absolute atomic E-state index is 12.3. The molecule has 0 spiro atoms. The fourth-order valence-corrected chi connectivity index (χ4v) is 3.47. The van der Waals surface area contributed by atoms with Crippen LogP contribution in [-0.2, 0) is 4.79 Å². The average Bonchev–Trinajstić information content (AvgIpc) is 3.08. The molecule has 8 heteroatoms. The summed E-state index contributed by atoms with van der Waals surface area (Å²) >= 11 is 1.29. The molecule has 1 amide bonds. The maximum Gasteiger partial charge on any atom is 0.234 e. The zero-order chi connectivity index (χ0) is 18.8. The second-order valence-electron chi connectivity index (χ2n) is 5.84. The molecule has 0 bridgehead atoms. The molecule has 0 aliphatic heterocycles. The van der Waals surface area contributed by atoms with Crippen molar-refractivity contribution >= 4 is 39.9 Å². The predicted molar refractivity (Wildman–Crippen MR) is 104 cm³/mol. The number of aryl methyl sites for hydroxylation is 1. The molecule has 0 unspecified atom stereocenters. The number of nitrogens with one attached hydrogen (secondary N) is 1. The lowest BCUT2D eigenvalue weighted by Gasteiger charge is -2.07. The molecule has 7 nitrogen and oxygen atoms in total. The van der Waals surface area contributed by atoms with Crippen molar-refractivity contribution in [2.45, 2.75) is 12.1 Å². The van der Waals surface area contributed by atoms with Crippen molar-refractivity contribution < 1.29 is 4.79 Å². The van der Waals surface area contributed by atoms with Crippen molar-refractivity contribution in [3.63, 3.8) is 0 Å². The Morgan fingerprint density at radius 3 is 2.93 bits per heavy atom. The number of aromatic nitrogens is 4. The first kappa shape index (κ1) is 17.0. The predicted octanol–water partition coefficient (Wildman–Crippen LogP) is 3.19. The molecule has 0 aliphatic rings. The van der Waals surface area contributed by atoms with Crippen molar-refractivity contribution in [1.29, 1.82) is 5.26 Å². The van der Waals surface area contributed by atoms with Crippen LogP contribution in [-0.4, -0.2) is 31.2 Å². The van der Waals surface area contributed by atoms with Gasteiger partial charge in [-0.05, 0) is 37.3 Å². The minimum atomic E-state index is -0.185. The number of thioether (sulfide) groups is 1. The van der Waals surface area contributed by atoms with E-state index in [1.165, 1.54) is 11.8 Å². The standard InChI is InChI=1S/C19H14N6OS/c1-12-21-18-15-7-2-3-8-16(15)23-19(25(18)24-12)27-11-17(26)22-14-6-4-5-13(9-14)10-20/h2-9H,11H2,1H3,(H,22,26). The summed E-state index contributed by atoms with van der Waals surface area (Å²) in [5, 5.41) is 17.7. The summed E-state index contributed by atoms with van der Waals surface area (Å²) in [4.78, 5) is 21.4. The third kappa shape index (κ3) is 3.45. The van der Waals surface area contributed by atoms with Gasteiger partial charge in [0.1, 0.15) is 5.82 Å². The Morgan fingerprint density at radius 1 is 1.22 bits per heavy atom. The number of nitrogens with zero attached hydrogens (tertiary/aromatic N) is 5. The van der Waals surface area contributed by atoms with E-state index in [0.29, 0.717) is 22.2 Å². The number of anilines is 1. The topological polar surface area (TPSA) is 96.0 Å². The number of hydrogen-bond donors (Lipinski definition) is 1. The normalized spacial score (nSPS) is 10.8. The quantitative estimate of drug-likeness (QED) is 0.435. The van der Waals surface area contributed by atoms with Crippen molar-refractivity contribution in [2.75, 3.05) is 11.1 Å². The Hall–Kier alpha value is -3.44. The molecule has 2 aromatic heterocycles. The number of amides is 1. The van der Waals surface area contributed by atoms with Gasteiger partial charge in [-0.2, -0.15) is 9.78 Å². The van der Waals surface area contributed by atoms with E-state index in [1.807, 2.05) is 31.2 Å².